The molecule has 2 aliphatic heterocycles. The summed E-state index contributed by atoms with van der Waals surface area (Å²) in [6.45, 7) is 2.78. The Bertz CT molecular complexity index is 1200. The fourth-order valence-electron chi connectivity index (χ4n) is 5.53. The van der Waals surface area contributed by atoms with E-state index in [4.69, 9.17) is 9.47 Å². The van der Waals surface area contributed by atoms with Crippen LogP contribution in [0.5, 0.6) is 0 Å². The Balaban J connectivity index is 1.75. The molecule has 0 N–H and O–H groups in total. The van der Waals surface area contributed by atoms with E-state index in [1.54, 1.807) is 6.92 Å². The molecule has 2 saturated heterocycles. The van der Waals surface area contributed by atoms with Gasteiger partial charge < -0.3 is 14.4 Å². The van der Waals surface area contributed by atoms with Gasteiger partial charge in [0.2, 0.25) is 5.91 Å². The van der Waals surface area contributed by atoms with E-state index in [-0.39, 0.29) is 30.5 Å². The fraction of sp³-hybridized carbons (Fsp3) is 0.462. The molecule has 206 valence electrons. The molecule has 1 amide bonds. The Morgan fingerprint density at radius 1 is 1.03 bits per heavy atom. The summed E-state index contributed by atoms with van der Waals surface area (Å²) < 4.78 is 105. The van der Waals surface area contributed by atoms with Crippen LogP contribution < -0.4 is 0 Å². The summed E-state index contributed by atoms with van der Waals surface area (Å²) in [7, 11) is 1.17. The highest BCUT2D eigenvalue weighted by molar-refractivity contribution is 5.91. The van der Waals surface area contributed by atoms with E-state index in [9.17, 15) is 40.3 Å². The molecule has 4 rings (SSSR count). The van der Waals surface area contributed by atoms with Gasteiger partial charge in [0.15, 0.2) is 0 Å². The second kappa shape index (κ2) is 9.55. The average Bonchev–Trinajstić information content (AvgIpc) is 3.33. The number of methoxy groups -OCH3 is 1. The van der Waals surface area contributed by atoms with Crippen molar-refractivity contribution < 1.29 is 49.8 Å². The van der Waals surface area contributed by atoms with Crippen molar-refractivity contribution in [2.75, 3.05) is 13.7 Å². The van der Waals surface area contributed by atoms with Gasteiger partial charge in [-0.3, -0.25) is 9.59 Å². The molecule has 0 saturated carbocycles. The Labute approximate surface area is 213 Å². The van der Waals surface area contributed by atoms with Crippen LogP contribution in [0.2, 0.25) is 0 Å². The van der Waals surface area contributed by atoms with Crippen LogP contribution in [0.25, 0.3) is 0 Å². The second-order valence-corrected chi connectivity index (χ2v) is 9.81. The third-order valence-corrected chi connectivity index (χ3v) is 7.31. The number of esters is 1. The maximum absolute atomic E-state index is 13.7. The zero-order valence-corrected chi connectivity index (χ0v) is 20.5. The number of hydrogen-bond donors (Lipinski definition) is 0. The van der Waals surface area contributed by atoms with Crippen LogP contribution in [-0.4, -0.2) is 42.6 Å². The highest BCUT2D eigenvalue weighted by Crippen LogP contribution is 2.52. The number of fused-ring (bicyclic) bond motifs is 1. The van der Waals surface area contributed by atoms with E-state index in [0.29, 0.717) is 17.7 Å². The lowest BCUT2D eigenvalue weighted by Gasteiger charge is -2.34. The molecule has 5 nitrogen and oxygen atoms in total. The van der Waals surface area contributed by atoms with Crippen molar-refractivity contribution in [2.45, 2.75) is 56.8 Å². The predicted molar refractivity (Wildman–Crippen MR) is 119 cm³/mol. The van der Waals surface area contributed by atoms with Gasteiger partial charge in [-0.25, -0.2) is 4.39 Å². The van der Waals surface area contributed by atoms with Crippen LogP contribution in [0.3, 0.4) is 0 Å². The van der Waals surface area contributed by atoms with Crippen molar-refractivity contribution >= 4 is 11.9 Å². The van der Waals surface area contributed by atoms with Gasteiger partial charge in [0.25, 0.3) is 0 Å². The summed E-state index contributed by atoms with van der Waals surface area (Å²) in [5.41, 5.74) is -4.15. The topological polar surface area (TPSA) is 55.8 Å². The van der Waals surface area contributed by atoms with E-state index in [1.807, 2.05) is 0 Å². The van der Waals surface area contributed by atoms with Gasteiger partial charge in [-0.15, -0.1) is 0 Å². The molecule has 12 heteroatoms. The van der Waals surface area contributed by atoms with Gasteiger partial charge in [-0.2, -0.15) is 26.3 Å². The van der Waals surface area contributed by atoms with Crippen LogP contribution >= 0.6 is 0 Å². The lowest BCUT2D eigenvalue weighted by atomic mass is 9.73. The summed E-state index contributed by atoms with van der Waals surface area (Å²) in [6.07, 6.45) is -12.4. The number of rotatable bonds is 5. The van der Waals surface area contributed by atoms with Gasteiger partial charge in [-0.1, -0.05) is 12.1 Å². The van der Waals surface area contributed by atoms with Crippen LogP contribution in [0.15, 0.2) is 42.5 Å². The summed E-state index contributed by atoms with van der Waals surface area (Å²) in [5.74, 6) is -2.34. The van der Waals surface area contributed by atoms with Crippen molar-refractivity contribution in [1.82, 2.24) is 4.90 Å². The van der Waals surface area contributed by atoms with Gasteiger partial charge in [0.05, 0.1) is 41.9 Å². The Kier molecular flexibility index (Phi) is 7.00. The van der Waals surface area contributed by atoms with Crippen LogP contribution in [-0.2, 0) is 31.4 Å². The first-order chi connectivity index (χ1) is 17.6. The lowest BCUT2D eigenvalue weighted by Crippen LogP contribution is -2.43. The molecule has 2 fully saturated rings. The minimum Gasteiger partial charge on any atom is -0.469 e. The zero-order valence-electron chi connectivity index (χ0n) is 20.5. The number of ether oxygens (including phenoxy) is 2. The number of carbonyl (C=O) groups excluding carboxylic acids is 2. The van der Waals surface area contributed by atoms with Crippen molar-refractivity contribution in [3.63, 3.8) is 0 Å². The number of carbonyl (C=O) groups is 2. The van der Waals surface area contributed by atoms with Crippen LogP contribution in [0.4, 0.5) is 30.7 Å². The lowest BCUT2D eigenvalue weighted by molar-refractivity contribution is -0.153. The molecule has 0 aliphatic carbocycles. The number of hydrogen-bond acceptors (Lipinski definition) is 4. The third-order valence-electron chi connectivity index (χ3n) is 7.31. The molecule has 5 atom stereocenters. The minimum atomic E-state index is -5.03. The highest BCUT2D eigenvalue weighted by atomic mass is 19.4. The van der Waals surface area contributed by atoms with Gasteiger partial charge in [0, 0.05) is 18.9 Å². The van der Waals surface area contributed by atoms with Crippen molar-refractivity contribution in [1.29, 1.82) is 0 Å². The molecule has 0 spiro atoms. The summed E-state index contributed by atoms with van der Waals surface area (Å²) in [5, 5.41) is 0. The molecule has 2 heterocycles. The molecule has 38 heavy (non-hydrogen) atoms. The first-order valence-corrected chi connectivity index (χ1v) is 11.6. The minimum absolute atomic E-state index is 0.0314. The molecule has 2 aliphatic rings. The third kappa shape index (κ3) is 4.97. The Morgan fingerprint density at radius 2 is 1.58 bits per heavy atom. The molecule has 1 unspecified atom stereocenters. The zero-order chi connectivity index (χ0) is 28.2. The SMILES string of the molecule is COC(=O)C1(C)CC(=O)N2C[C@H](O[C@H](C)c3cc(C(F)(F)F)cc(C(F)(F)F)c3)[C@@H](c3ccc(F)cc3)[C@@H]21. The molecular formula is C26H24F7NO4. The van der Waals surface area contributed by atoms with E-state index < -0.39 is 64.8 Å². The first kappa shape index (κ1) is 27.9. The predicted octanol–water partition coefficient (Wildman–Crippen LogP) is 5.89. The standard InChI is InChI=1S/C26H24F7NO4/c1-13(15-8-16(25(28,29)30)10-17(9-15)26(31,32)33)38-19-12-34-20(35)11-24(2,23(36)37-3)22(34)21(19)14-4-6-18(27)7-5-14/h4-10,13,19,21-22H,11-12H2,1-3H3/t13-,19+,21-,22-,24?/m1/s1. The fourth-order valence-corrected chi connectivity index (χ4v) is 5.53. The monoisotopic (exact) mass is 547 g/mol. The molecule has 0 aromatic heterocycles. The van der Waals surface area contributed by atoms with Crippen molar-refractivity contribution in [3.8, 4) is 0 Å². The Hall–Kier alpha value is -3.15. The number of amides is 1. The molecule has 2 aromatic rings. The van der Waals surface area contributed by atoms with E-state index in [2.05, 4.69) is 0 Å². The van der Waals surface area contributed by atoms with Gasteiger partial charge in [0.1, 0.15) is 5.82 Å². The summed E-state index contributed by atoms with van der Waals surface area (Å²) >= 11 is 0. The van der Waals surface area contributed by atoms with Gasteiger partial charge in [-0.05, 0) is 55.3 Å². The maximum atomic E-state index is 13.7. The number of alkyl halides is 6. The van der Waals surface area contributed by atoms with Crippen LogP contribution in [0, 0.1) is 11.2 Å². The molecule has 2 aromatic carbocycles. The molecule has 0 bridgehead atoms. The highest BCUT2D eigenvalue weighted by Gasteiger charge is 2.62. The van der Waals surface area contributed by atoms with E-state index >= 15 is 0 Å². The largest absolute Gasteiger partial charge is 0.469 e. The van der Waals surface area contributed by atoms with Crippen molar-refractivity contribution in [3.05, 3.63) is 70.5 Å². The smallest absolute Gasteiger partial charge is 0.416 e. The van der Waals surface area contributed by atoms with Gasteiger partial charge >= 0.3 is 18.3 Å². The summed E-state index contributed by atoms with van der Waals surface area (Å²) in [4.78, 5) is 27.1. The van der Waals surface area contributed by atoms with E-state index in [1.165, 1.54) is 43.2 Å². The normalized spacial score (nSPS) is 26.4. The molecular weight excluding hydrogens is 523 g/mol. The van der Waals surface area contributed by atoms with E-state index in [0.717, 1.165) is 0 Å². The second-order valence-electron chi connectivity index (χ2n) is 9.81. The quantitative estimate of drug-likeness (QED) is 0.346. The number of halogens is 7. The molecule has 0 radical (unpaired) electrons. The number of nitrogens with zero attached hydrogens (tertiary/aromatic N) is 1. The maximum Gasteiger partial charge on any atom is 0.416 e. The first-order valence-electron chi connectivity index (χ1n) is 11.6. The Morgan fingerprint density at radius 3 is 2.08 bits per heavy atom. The summed E-state index contributed by atoms with van der Waals surface area (Å²) in [6, 6.07) is 5.65. The number of benzene rings is 2. The average molecular weight is 547 g/mol. The van der Waals surface area contributed by atoms with Crippen molar-refractivity contribution in [2.24, 2.45) is 5.41 Å². The van der Waals surface area contributed by atoms with Crippen LogP contribution in [0.1, 0.15) is 54.5 Å².